The summed E-state index contributed by atoms with van der Waals surface area (Å²) in [6.45, 7) is 5.02. The van der Waals surface area contributed by atoms with E-state index in [1.807, 2.05) is 18.2 Å². The number of nitrogens with one attached hydrogen (secondary N) is 1. The van der Waals surface area contributed by atoms with Gasteiger partial charge in [0.1, 0.15) is 16.3 Å². The highest BCUT2D eigenvalue weighted by Gasteiger charge is 2.39. The van der Waals surface area contributed by atoms with E-state index in [1.165, 1.54) is 0 Å². The summed E-state index contributed by atoms with van der Waals surface area (Å²) in [4.78, 5) is 28.0. The number of ether oxygens (including phenoxy) is 1. The van der Waals surface area contributed by atoms with E-state index in [9.17, 15) is 13.2 Å². The van der Waals surface area contributed by atoms with Gasteiger partial charge in [-0.2, -0.15) is 4.89 Å². The van der Waals surface area contributed by atoms with Gasteiger partial charge in [0.2, 0.25) is 0 Å². The molecule has 0 spiro atoms. The van der Waals surface area contributed by atoms with Gasteiger partial charge < -0.3 is 19.8 Å². The number of amides is 2. The van der Waals surface area contributed by atoms with Gasteiger partial charge in [-0.1, -0.05) is 18.2 Å². The molecule has 1 N–H and O–H groups in total. The molecule has 0 aromatic heterocycles. The predicted molar refractivity (Wildman–Crippen MR) is 135 cm³/mol. The third kappa shape index (κ3) is 4.82. The molecule has 194 valence electrons. The number of unbranched alkanes of at least 4 members (excludes halogenated alkanes) is 1. The fourth-order valence-electron chi connectivity index (χ4n) is 4.97. The van der Waals surface area contributed by atoms with Crippen molar-refractivity contribution in [2.24, 2.45) is 0 Å². The molecular formula is C25H32N4O6S. The molecule has 2 amide bonds. The number of carbonyl (C=O) groups excluding carboxylic acids is 1. The van der Waals surface area contributed by atoms with Crippen LogP contribution < -0.4 is 19.8 Å². The molecular weight excluding hydrogens is 484 g/mol. The minimum absolute atomic E-state index is 0.0406. The topological polar surface area (TPSA) is 101 Å². The van der Waals surface area contributed by atoms with Crippen molar-refractivity contribution in [3.8, 4) is 11.5 Å². The van der Waals surface area contributed by atoms with Crippen LogP contribution in [-0.2, 0) is 21.3 Å². The standard InChI is InChI=1S/C25H32N4O6S/c1-33-21-9-3-2-8-20(21)28-16-14-27(15-17-28)12-4-5-13-29-25(30)26-23-22(36(29,31)32)11-10-19-7-6-18-34-35-24(19)23/h2-3,8-11H,4-7,12-18H2,1H3,(H,26,30). The van der Waals surface area contributed by atoms with Crippen LogP contribution in [0.5, 0.6) is 11.5 Å². The van der Waals surface area contributed by atoms with Crippen LogP contribution in [0.1, 0.15) is 24.8 Å². The van der Waals surface area contributed by atoms with E-state index in [1.54, 1.807) is 19.2 Å². The second kappa shape index (κ2) is 10.5. The lowest BCUT2D eigenvalue weighted by Crippen LogP contribution is -2.47. The lowest BCUT2D eigenvalue weighted by molar-refractivity contribution is -0.203. The average molecular weight is 517 g/mol. The fourth-order valence-corrected chi connectivity index (χ4v) is 6.48. The molecule has 3 aliphatic rings. The number of nitrogens with zero attached hydrogens (tertiary/aromatic N) is 3. The monoisotopic (exact) mass is 516 g/mol. The van der Waals surface area contributed by atoms with Crippen LogP contribution in [0.15, 0.2) is 41.3 Å². The second-order valence-corrected chi connectivity index (χ2v) is 11.0. The third-order valence-electron chi connectivity index (χ3n) is 6.93. The van der Waals surface area contributed by atoms with E-state index in [2.05, 4.69) is 21.2 Å². The van der Waals surface area contributed by atoms with Crippen molar-refractivity contribution in [2.75, 3.05) is 63.2 Å². The minimum Gasteiger partial charge on any atom is -0.495 e. The molecule has 1 fully saturated rings. The Morgan fingerprint density at radius 1 is 1.03 bits per heavy atom. The number of rotatable bonds is 7. The third-order valence-corrected chi connectivity index (χ3v) is 8.75. The number of sulfonamides is 1. The van der Waals surface area contributed by atoms with Crippen molar-refractivity contribution in [1.82, 2.24) is 9.21 Å². The van der Waals surface area contributed by atoms with Gasteiger partial charge in [-0.05, 0) is 50.4 Å². The molecule has 36 heavy (non-hydrogen) atoms. The van der Waals surface area contributed by atoms with Crippen molar-refractivity contribution >= 4 is 27.4 Å². The largest absolute Gasteiger partial charge is 0.495 e. The quantitative estimate of drug-likeness (QED) is 0.443. The Bertz CT molecular complexity index is 1210. The van der Waals surface area contributed by atoms with Gasteiger partial charge in [0.25, 0.3) is 10.0 Å². The summed E-state index contributed by atoms with van der Waals surface area (Å²) in [5.74, 6) is 1.16. The Morgan fingerprint density at radius 3 is 2.61 bits per heavy atom. The maximum atomic E-state index is 13.2. The van der Waals surface area contributed by atoms with Gasteiger partial charge in [-0.15, -0.1) is 0 Å². The lowest BCUT2D eigenvalue weighted by Gasteiger charge is -2.36. The second-order valence-electron chi connectivity index (χ2n) is 9.15. The predicted octanol–water partition coefficient (Wildman–Crippen LogP) is 3.09. The van der Waals surface area contributed by atoms with Crippen molar-refractivity contribution in [3.05, 3.63) is 42.0 Å². The summed E-state index contributed by atoms with van der Waals surface area (Å²) >= 11 is 0. The SMILES string of the molecule is COc1ccccc1N1CCN(CCCCN2C(=O)Nc3c(ccc4c3OOCCC4)S2(=O)=O)CC1. The molecule has 0 bridgehead atoms. The molecule has 3 aliphatic heterocycles. The van der Waals surface area contributed by atoms with Gasteiger partial charge in [0.05, 0.1) is 19.4 Å². The summed E-state index contributed by atoms with van der Waals surface area (Å²) in [7, 11) is -2.29. The van der Waals surface area contributed by atoms with E-state index in [4.69, 9.17) is 14.5 Å². The van der Waals surface area contributed by atoms with Crippen molar-refractivity contribution in [1.29, 1.82) is 0 Å². The number of piperazine rings is 1. The zero-order valence-corrected chi connectivity index (χ0v) is 21.3. The molecule has 3 heterocycles. The normalized spacial score (nSPS) is 19.5. The number of hydrogen-bond acceptors (Lipinski definition) is 8. The maximum absolute atomic E-state index is 13.2. The Labute approximate surface area is 211 Å². The summed E-state index contributed by atoms with van der Waals surface area (Å²) in [6.07, 6.45) is 2.82. The molecule has 0 atom stereocenters. The number of urea groups is 1. The molecule has 2 aromatic rings. The van der Waals surface area contributed by atoms with Gasteiger partial charge in [0, 0.05) is 38.3 Å². The van der Waals surface area contributed by atoms with E-state index >= 15 is 0 Å². The first-order valence-corrected chi connectivity index (χ1v) is 13.8. The van der Waals surface area contributed by atoms with Crippen LogP contribution in [-0.4, -0.2) is 76.6 Å². The summed E-state index contributed by atoms with van der Waals surface area (Å²) < 4.78 is 32.9. The van der Waals surface area contributed by atoms with Crippen LogP contribution in [0, 0.1) is 0 Å². The molecule has 0 radical (unpaired) electrons. The number of anilines is 2. The number of aryl methyl sites for hydroxylation is 1. The van der Waals surface area contributed by atoms with E-state index < -0.39 is 16.1 Å². The molecule has 0 aliphatic carbocycles. The Balaban J connectivity index is 1.15. The first-order chi connectivity index (χ1) is 17.5. The highest BCUT2D eigenvalue weighted by Crippen LogP contribution is 2.41. The Kier molecular flexibility index (Phi) is 7.22. The fraction of sp³-hybridized carbons (Fsp3) is 0.480. The van der Waals surface area contributed by atoms with Crippen LogP contribution in [0.4, 0.5) is 16.2 Å². The summed E-state index contributed by atoms with van der Waals surface area (Å²) in [6, 6.07) is 10.7. The van der Waals surface area contributed by atoms with Crippen molar-refractivity contribution in [3.63, 3.8) is 0 Å². The van der Waals surface area contributed by atoms with E-state index in [0.717, 1.165) is 66.9 Å². The molecule has 1 saturated heterocycles. The Hall–Kier alpha value is -3.02. The van der Waals surface area contributed by atoms with Gasteiger partial charge in [-0.3, -0.25) is 4.90 Å². The minimum atomic E-state index is -3.97. The molecule has 0 saturated carbocycles. The molecule has 2 aromatic carbocycles. The molecule has 11 heteroatoms. The number of fused-ring (bicyclic) bond motifs is 3. The first-order valence-electron chi connectivity index (χ1n) is 12.4. The summed E-state index contributed by atoms with van der Waals surface area (Å²) in [5, 5.41) is 2.72. The maximum Gasteiger partial charge on any atom is 0.335 e. The zero-order chi connectivity index (χ0) is 25.1. The number of methoxy groups -OCH3 is 1. The molecule has 10 nitrogen and oxygen atoms in total. The molecule has 5 rings (SSSR count). The van der Waals surface area contributed by atoms with Gasteiger partial charge >= 0.3 is 6.03 Å². The van der Waals surface area contributed by atoms with Gasteiger partial charge in [0.15, 0.2) is 5.75 Å². The van der Waals surface area contributed by atoms with Crippen LogP contribution >= 0.6 is 0 Å². The lowest BCUT2D eigenvalue weighted by atomic mass is 10.1. The number of carbonyl (C=O) groups is 1. The van der Waals surface area contributed by atoms with Crippen LogP contribution in [0.25, 0.3) is 0 Å². The number of benzene rings is 2. The molecule has 0 unspecified atom stereocenters. The average Bonchev–Trinajstić information content (AvgIpc) is 3.14. The van der Waals surface area contributed by atoms with Crippen molar-refractivity contribution in [2.45, 2.75) is 30.6 Å². The number of hydrogen-bond donors (Lipinski definition) is 1. The van der Waals surface area contributed by atoms with Crippen LogP contribution in [0.2, 0.25) is 0 Å². The smallest absolute Gasteiger partial charge is 0.335 e. The van der Waals surface area contributed by atoms with Crippen molar-refractivity contribution < 1.29 is 27.7 Å². The highest BCUT2D eigenvalue weighted by atomic mass is 32.2. The zero-order valence-electron chi connectivity index (χ0n) is 20.4. The Morgan fingerprint density at radius 2 is 1.81 bits per heavy atom. The van der Waals surface area contributed by atoms with Gasteiger partial charge in [-0.25, -0.2) is 17.5 Å². The first kappa shape index (κ1) is 24.7. The van der Waals surface area contributed by atoms with E-state index in [-0.39, 0.29) is 22.9 Å². The highest BCUT2D eigenvalue weighted by molar-refractivity contribution is 7.90. The number of para-hydroxylation sites is 2. The van der Waals surface area contributed by atoms with E-state index in [0.29, 0.717) is 19.4 Å². The summed E-state index contributed by atoms with van der Waals surface area (Å²) in [5.41, 5.74) is 2.10. The van der Waals surface area contributed by atoms with Crippen LogP contribution in [0.3, 0.4) is 0 Å².